The fourth-order valence-corrected chi connectivity index (χ4v) is 0.914. The minimum absolute atomic E-state index is 0.797. The van der Waals surface area contributed by atoms with Crippen LogP contribution in [0.25, 0.3) is 11.3 Å². The third-order valence-corrected chi connectivity index (χ3v) is 1.46. The number of hydrogen-bond donors (Lipinski definition) is 0. The highest BCUT2D eigenvalue weighted by molar-refractivity contribution is 5.55. The van der Waals surface area contributed by atoms with E-state index in [0.29, 0.717) is 0 Å². The Kier molecular flexibility index (Phi) is 1.78. The van der Waals surface area contributed by atoms with Crippen molar-refractivity contribution in [2.45, 2.75) is 0 Å². The molecule has 0 saturated carbocycles. The van der Waals surface area contributed by atoms with Gasteiger partial charge in [-0.2, -0.15) is 10.2 Å². The molecule has 2 heterocycles. The maximum absolute atomic E-state index is 3.93. The van der Waals surface area contributed by atoms with Crippen LogP contribution in [0.15, 0.2) is 36.7 Å². The summed E-state index contributed by atoms with van der Waals surface area (Å²) in [5.41, 5.74) is 1.66. The Morgan fingerprint density at radius 2 is 2.00 bits per heavy atom. The largest absolute Gasteiger partial charge is 0.254 e. The summed E-state index contributed by atoms with van der Waals surface area (Å²) in [6.45, 7) is 0. The molecule has 2 aromatic rings. The summed E-state index contributed by atoms with van der Waals surface area (Å²) in [6, 6.07) is 7.46. The maximum atomic E-state index is 3.93. The van der Waals surface area contributed by atoms with E-state index in [1.807, 2.05) is 24.3 Å². The molecule has 0 aliphatic heterocycles. The van der Waals surface area contributed by atoms with Gasteiger partial charge in [0.25, 0.3) is 0 Å². The van der Waals surface area contributed by atoms with Gasteiger partial charge in [0, 0.05) is 18.0 Å². The number of hydrogen-bond acceptors (Lipinski definition) is 3. The molecule has 2 aromatic heterocycles. The molecule has 3 heteroatoms. The van der Waals surface area contributed by atoms with Gasteiger partial charge in [-0.15, -0.1) is 0 Å². The quantitative estimate of drug-likeness (QED) is 0.625. The summed E-state index contributed by atoms with van der Waals surface area (Å²) in [5, 5.41) is 7.69. The van der Waals surface area contributed by atoms with Crippen molar-refractivity contribution in [3.63, 3.8) is 0 Å². The Balaban J connectivity index is 2.46. The number of nitrogens with zero attached hydrogens (tertiary/aromatic N) is 3. The first-order valence-corrected chi connectivity index (χ1v) is 3.57. The predicted octanol–water partition coefficient (Wildman–Crippen LogP) is 1.34. The van der Waals surface area contributed by atoms with Gasteiger partial charge in [-0.3, -0.25) is 4.98 Å². The first-order valence-electron chi connectivity index (χ1n) is 3.57. The van der Waals surface area contributed by atoms with Crippen LogP contribution in [-0.2, 0) is 0 Å². The summed E-state index contributed by atoms with van der Waals surface area (Å²) in [6.07, 6.45) is 6.15. The average Bonchev–Trinajstić information content (AvgIpc) is 2.21. The second-order valence-electron chi connectivity index (χ2n) is 2.27. The monoisotopic (exact) mass is 156 g/mol. The van der Waals surface area contributed by atoms with Gasteiger partial charge in [0.1, 0.15) is 0 Å². The Labute approximate surface area is 70.1 Å². The van der Waals surface area contributed by atoms with Crippen LogP contribution >= 0.6 is 0 Å². The molecule has 0 unspecified atom stereocenters. The lowest BCUT2D eigenvalue weighted by atomic mass is 10.2. The molecule has 0 aromatic carbocycles. The van der Waals surface area contributed by atoms with Crippen LogP contribution in [0, 0.1) is 6.20 Å². The third kappa shape index (κ3) is 1.29. The van der Waals surface area contributed by atoms with Crippen LogP contribution < -0.4 is 0 Å². The Morgan fingerprint density at radius 1 is 1.08 bits per heavy atom. The molecule has 0 spiro atoms. The van der Waals surface area contributed by atoms with Gasteiger partial charge >= 0.3 is 0 Å². The van der Waals surface area contributed by atoms with E-state index in [9.17, 15) is 0 Å². The van der Waals surface area contributed by atoms with Crippen LogP contribution in [0.4, 0.5) is 0 Å². The molecule has 0 amide bonds. The first-order chi connectivity index (χ1) is 5.97. The highest BCUT2D eigenvalue weighted by atomic mass is 15.1. The van der Waals surface area contributed by atoms with E-state index >= 15 is 0 Å². The molecule has 0 aliphatic rings. The van der Waals surface area contributed by atoms with Gasteiger partial charge in [0.05, 0.1) is 11.9 Å². The summed E-state index contributed by atoms with van der Waals surface area (Å²) >= 11 is 0. The molecular weight excluding hydrogens is 150 g/mol. The smallest absolute Gasteiger partial charge is 0.0987 e. The van der Waals surface area contributed by atoms with E-state index in [-0.39, 0.29) is 0 Å². The lowest BCUT2D eigenvalue weighted by Gasteiger charge is -1.94. The molecule has 0 saturated heterocycles. The minimum Gasteiger partial charge on any atom is -0.254 e. The zero-order valence-corrected chi connectivity index (χ0v) is 6.31. The molecule has 0 N–H and O–H groups in total. The Hall–Kier alpha value is -1.77. The molecule has 0 fully saturated rings. The van der Waals surface area contributed by atoms with Crippen LogP contribution in [0.3, 0.4) is 0 Å². The molecule has 1 radical (unpaired) electrons. The molecule has 0 aliphatic carbocycles. The van der Waals surface area contributed by atoms with E-state index < -0.39 is 0 Å². The summed E-state index contributed by atoms with van der Waals surface area (Å²) in [5.74, 6) is 0. The van der Waals surface area contributed by atoms with Crippen molar-refractivity contribution in [3.05, 3.63) is 42.9 Å². The minimum atomic E-state index is 0.797. The number of pyridine rings is 1. The lowest BCUT2D eigenvalue weighted by molar-refractivity contribution is 1.04. The lowest BCUT2D eigenvalue weighted by Crippen LogP contribution is -1.85. The van der Waals surface area contributed by atoms with Crippen molar-refractivity contribution in [2.24, 2.45) is 0 Å². The number of rotatable bonds is 1. The van der Waals surface area contributed by atoms with Gasteiger partial charge in [-0.05, 0) is 24.3 Å². The molecule has 3 nitrogen and oxygen atoms in total. The fraction of sp³-hybridized carbons (Fsp3) is 0. The van der Waals surface area contributed by atoms with E-state index in [0.717, 1.165) is 11.3 Å². The SMILES string of the molecule is [c]1ncccc1-c1cccnn1. The zero-order chi connectivity index (χ0) is 8.23. The van der Waals surface area contributed by atoms with E-state index in [1.165, 1.54) is 0 Å². The highest BCUT2D eigenvalue weighted by Gasteiger charge is 1.96. The zero-order valence-electron chi connectivity index (χ0n) is 6.31. The normalized spacial score (nSPS) is 9.67. The molecule has 57 valence electrons. The molecule has 0 atom stereocenters. The van der Waals surface area contributed by atoms with Gasteiger partial charge in [-0.25, -0.2) is 0 Å². The van der Waals surface area contributed by atoms with Gasteiger partial charge < -0.3 is 0 Å². The van der Waals surface area contributed by atoms with Crippen LogP contribution in [-0.4, -0.2) is 15.2 Å². The highest BCUT2D eigenvalue weighted by Crippen LogP contribution is 2.11. The van der Waals surface area contributed by atoms with Crippen molar-refractivity contribution in [2.75, 3.05) is 0 Å². The standard InChI is InChI=1S/C9H6N3/c1-3-8(7-10-5-1)9-4-2-6-11-12-9/h1-6H. The molecular formula is C9H6N3. The number of aromatic nitrogens is 3. The van der Waals surface area contributed by atoms with Crippen LogP contribution in [0.2, 0.25) is 0 Å². The van der Waals surface area contributed by atoms with Crippen molar-refractivity contribution in [3.8, 4) is 11.3 Å². The Morgan fingerprint density at radius 3 is 2.67 bits per heavy atom. The summed E-state index contributed by atoms with van der Waals surface area (Å²) in [7, 11) is 0. The molecule has 0 bridgehead atoms. The van der Waals surface area contributed by atoms with Crippen molar-refractivity contribution in [1.29, 1.82) is 0 Å². The first kappa shape index (κ1) is 6.91. The summed E-state index contributed by atoms with van der Waals surface area (Å²) in [4.78, 5) is 3.87. The summed E-state index contributed by atoms with van der Waals surface area (Å²) < 4.78 is 0. The Bertz CT molecular complexity index is 307. The average molecular weight is 156 g/mol. The van der Waals surface area contributed by atoms with Gasteiger partial charge in [0.2, 0.25) is 0 Å². The van der Waals surface area contributed by atoms with Crippen LogP contribution in [0.1, 0.15) is 0 Å². The van der Waals surface area contributed by atoms with E-state index in [1.54, 1.807) is 12.4 Å². The van der Waals surface area contributed by atoms with E-state index in [4.69, 9.17) is 0 Å². The van der Waals surface area contributed by atoms with Gasteiger partial charge in [0.15, 0.2) is 0 Å². The molecule has 12 heavy (non-hydrogen) atoms. The third-order valence-electron chi connectivity index (χ3n) is 1.46. The van der Waals surface area contributed by atoms with Crippen molar-refractivity contribution in [1.82, 2.24) is 15.2 Å². The molecule has 2 rings (SSSR count). The van der Waals surface area contributed by atoms with Crippen molar-refractivity contribution < 1.29 is 0 Å². The second kappa shape index (κ2) is 3.09. The fourth-order valence-electron chi connectivity index (χ4n) is 0.914. The van der Waals surface area contributed by atoms with Gasteiger partial charge in [-0.1, -0.05) is 0 Å². The van der Waals surface area contributed by atoms with E-state index in [2.05, 4.69) is 21.4 Å². The predicted molar refractivity (Wildman–Crippen MR) is 44.1 cm³/mol. The topological polar surface area (TPSA) is 38.7 Å². The van der Waals surface area contributed by atoms with Crippen molar-refractivity contribution >= 4 is 0 Å². The van der Waals surface area contributed by atoms with Crippen LogP contribution in [0.5, 0.6) is 0 Å². The maximum Gasteiger partial charge on any atom is 0.0987 e. The second-order valence-corrected chi connectivity index (χ2v) is 2.27.